The van der Waals surface area contributed by atoms with Gasteiger partial charge >= 0.3 is 17.6 Å². The first kappa shape index (κ1) is 16.0. The van der Waals surface area contributed by atoms with Crippen molar-refractivity contribution in [2.24, 2.45) is 0 Å². The van der Waals surface area contributed by atoms with Crippen LogP contribution in [-0.2, 0) is 19.1 Å². The smallest absolute Gasteiger partial charge is 0.303 e. The van der Waals surface area contributed by atoms with E-state index in [9.17, 15) is 19.7 Å². The average molecular weight is 332 g/mol. The van der Waals surface area contributed by atoms with Crippen LogP contribution in [0.2, 0.25) is 0 Å². The Bertz CT molecular complexity index is 888. The van der Waals surface area contributed by atoms with E-state index in [0.29, 0.717) is 9.16 Å². The molecule has 0 spiro atoms. The number of rotatable bonds is 2. The van der Waals surface area contributed by atoms with Gasteiger partial charge in [0, 0.05) is 24.8 Å². The number of hydrogen-bond acceptors (Lipinski definition) is 6. The Hall–Kier alpha value is -2.90. The summed E-state index contributed by atoms with van der Waals surface area (Å²) in [5.74, 6) is -1.11. The number of aromatic nitrogens is 2. The predicted octanol–water partition coefficient (Wildman–Crippen LogP) is 1.90. The predicted molar refractivity (Wildman–Crippen MR) is 82.3 cm³/mol. The van der Waals surface area contributed by atoms with Crippen LogP contribution >= 0.6 is 0 Å². The molecule has 0 radical (unpaired) electrons. The Morgan fingerprint density at radius 2 is 1.71 bits per heavy atom. The van der Waals surface area contributed by atoms with Gasteiger partial charge in [0.05, 0.1) is 4.43 Å². The molecule has 0 N–H and O–H groups in total. The fraction of sp³-hybridized carbons (Fsp3) is 0.375. The van der Waals surface area contributed by atoms with Gasteiger partial charge < -0.3 is 19.4 Å². The molecular weight excluding hydrogens is 316 g/mol. The third kappa shape index (κ3) is 2.60. The Kier molecular flexibility index (Phi) is 3.96. The Morgan fingerprint density at radius 3 is 2.38 bits per heavy atom. The number of carbonyl (C=O) groups excluding carboxylic acids is 2. The molecule has 1 aromatic carbocycles. The SMILES string of the molecule is CC(=O)O[C@@H]1CC[C@@H](OC(C)=O)c2c1n([O-])c1ccccc1[n+]2=O. The summed E-state index contributed by atoms with van der Waals surface area (Å²) in [7, 11) is 0. The largest absolute Gasteiger partial charge is 0.805 e. The first-order valence-corrected chi connectivity index (χ1v) is 7.52. The number of carbonyl (C=O) groups is 2. The van der Waals surface area contributed by atoms with Crippen molar-refractivity contribution < 1.29 is 23.5 Å². The molecule has 126 valence electrons. The summed E-state index contributed by atoms with van der Waals surface area (Å²) in [5, 5.41) is 12.8. The van der Waals surface area contributed by atoms with E-state index in [1.165, 1.54) is 26.0 Å². The summed E-state index contributed by atoms with van der Waals surface area (Å²) in [6.07, 6.45) is -1.14. The molecule has 0 saturated heterocycles. The zero-order chi connectivity index (χ0) is 17.4. The van der Waals surface area contributed by atoms with Gasteiger partial charge in [-0.25, -0.2) is 0 Å². The van der Waals surface area contributed by atoms with Gasteiger partial charge in [-0.05, 0) is 18.9 Å². The molecule has 8 heteroatoms. The maximum atomic E-state index is 12.8. The van der Waals surface area contributed by atoms with E-state index >= 15 is 0 Å². The number of benzene rings is 1. The summed E-state index contributed by atoms with van der Waals surface area (Å²) in [4.78, 5) is 35.5. The first-order chi connectivity index (χ1) is 11.4. The van der Waals surface area contributed by atoms with Crippen LogP contribution in [0, 0.1) is 10.1 Å². The van der Waals surface area contributed by atoms with Gasteiger partial charge in [0.25, 0.3) is 5.52 Å². The molecule has 8 nitrogen and oxygen atoms in total. The van der Waals surface area contributed by atoms with Crippen molar-refractivity contribution in [2.45, 2.75) is 38.9 Å². The summed E-state index contributed by atoms with van der Waals surface area (Å²) in [6, 6.07) is 6.29. The van der Waals surface area contributed by atoms with Crippen molar-refractivity contribution in [3.8, 4) is 0 Å². The maximum Gasteiger partial charge on any atom is 0.303 e. The van der Waals surface area contributed by atoms with E-state index in [-0.39, 0.29) is 35.3 Å². The standard InChI is InChI=1S/C16H16N2O6/c1-9(19)23-13-7-8-14(24-10(2)20)16-15(13)17(21)11-5-3-4-6-12(11)18(16)22/h3-6,13-14H,7-8H2,1-2H3/t13-,14-/m1/s1. The third-order valence-electron chi connectivity index (χ3n) is 3.94. The summed E-state index contributed by atoms with van der Waals surface area (Å²) in [6.45, 7) is 2.47. The van der Waals surface area contributed by atoms with E-state index in [2.05, 4.69) is 0 Å². The van der Waals surface area contributed by atoms with E-state index in [1.54, 1.807) is 12.1 Å². The van der Waals surface area contributed by atoms with Gasteiger partial charge in [0.2, 0.25) is 0 Å². The average Bonchev–Trinajstić information content (AvgIpc) is 2.53. The molecule has 2 atom stereocenters. The lowest BCUT2D eigenvalue weighted by Crippen LogP contribution is -2.36. The molecule has 24 heavy (non-hydrogen) atoms. The third-order valence-corrected chi connectivity index (χ3v) is 3.94. The molecular formula is C16H16N2O6. The number of ether oxygens (including phenoxy) is 2. The molecule has 0 bridgehead atoms. The summed E-state index contributed by atoms with van der Waals surface area (Å²) >= 11 is 0. The van der Waals surface area contributed by atoms with Crippen molar-refractivity contribution >= 4 is 23.0 Å². The van der Waals surface area contributed by atoms with Crippen LogP contribution in [0.25, 0.3) is 11.0 Å². The molecule has 0 amide bonds. The maximum absolute atomic E-state index is 12.8. The van der Waals surface area contributed by atoms with E-state index in [4.69, 9.17) is 9.47 Å². The fourth-order valence-corrected chi connectivity index (χ4v) is 3.07. The van der Waals surface area contributed by atoms with Crippen molar-refractivity contribution in [1.82, 2.24) is 4.73 Å². The lowest BCUT2D eigenvalue weighted by atomic mass is 9.94. The minimum Gasteiger partial charge on any atom is -0.805 e. The van der Waals surface area contributed by atoms with E-state index in [0.717, 1.165) is 0 Å². The Labute approximate surface area is 136 Å². The number of nitrogens with zero attached hydrogens (tertiary/aromatic N) is 2. The van der Waals surface area contributed by atoms with Crippen molar-refractivity contribution in [1.29, 1.82) is 0 Å². The quantitative estimate of drug-likeness (QED) is 0.614. The number of hydrogen-bond donors (Lipinski definition) is 0. The van der Waals surface area contributed by atoms with Crippen LogP contribution in [0.1, 0.15) is 50.3 Å². The van der Waals surface area contributed by atoms with Crippen LogP contribution in [0.4, 0.5) is 0 Å². The van der Waals surface area contributed by atoms with E-state index in [1.807, 2.05) is 0 Å². The van der Waals surface area contributed by atoms with Crippen LogP contribution in [0.15, 0.2) is 24.3 Å². The van der Waals surface area contributed by atoms with Crippen molar-refractivity contribution in [3.63, 3.8) is 0 Å². The molecule has 2 aromatic rings. The minimum atomic E-state index is -0.855. The Morgan fingerprint density at radius 1 is 1.12 bits per heavy atom. The van der Waals surface area contributed by atoms with Crippen molar-refractivity contribution in [2.75, 3.05) is 0 Å². The topological polar surface area (TPSA) is 104 Å². The highest BCUT2D eigenvalue weighted by Gasteiger charge is 2.41. The zero-order valence-corrected chi connectivity index (χ0v) is 13.2. The molecule has 0 fully saturated rings. The highest BCUT2D eigenvalue weighted by atomic mass is 16.6. The van der Waals surface area contributed by atoms with Gasteiger partial charge in [-0.3, -0.25) is 9.59 Å². The fourth-order valence-electron chi connectivity index (χ4n) is 3.07. The molecule has 1 aromatic heterocycles. The minimum absolute atomic E-state index is 0.0106. The highest BCUT2D eigenvalue weighted by molar-refractivity contribution is 5.73. The molecule has 0 saturated carbocycles. The second kappa shape index (κ2) is 5.95. The number of esters is 2. The molecule has 3 rings (SSSR count). The van der Waals surface area contributed by atoms with Crippen molar-refractivity contribution in [3.05, 3.63) is 45.8 Å². The van der Waals surface area contributed by atoms with Crippen LogP contribution in [0.3, 0.4) is 0 Å². The second-order valence-corrected chi connectivity index (χ2v) is 5.62. The normalized spacial score (nSPS) is 19.6. The van der Waals surface area contributed by atoms with E-state index < -0.39 is 24.1 Å². The van der Waals surface area contributed by atoms with Gasteiger partial charge in [-0.1, -0.05) is 12.1 Å². The highest BCUT2D eigenvalue weighted by Crippen LogP contribution is 2.39. The first-order valence-electron chi connectivity index (χ1n) is 7.52. The molecule has 1 aliphatic rings. The monoisotopic (exact) mass is 332 g/mol. The Balaban J connectivity index is 2.30. The van der Waals surface area contributed by atoms with Gasteiger partial charge in [0.15, 0.2) is 6.10 Å². The number of para-hydroxylation sites is 2. The molecule has 1 heterocycles. The van der Waals surface area contributed by atoms with Gasteiger partial charge in [-0.15, -0.1) is 0 Å². The zero-order valence-electron chi connectivity index (χ0n) is 13.2. The van der Waals surface area contributed by atoms with Crippen LogP contribution in [-0.4, -0.2) is 16.7 Å². The summed E-state index contributed by atoms with van der Waals surface area (Å²) < 4.78 is 11.6. The summed E-state index contributed by atoms with van der Waals surface area (Å²) in [5.41, 5.74) is 0.339. The lowest BCUT2D eigenvalue weighted by molar-refractivity contribution is -0.484. The van der Waals surface area contributed by atoms with Crippen LogP contribution < -0.4 is 4.43 Å². The molecule has 1 aliphatic carbocycles. The van der Waals surface area contributed by atoms with Gasteiger partial charge in [-0.2, -0.15) is 0 Å². The number of fused-ring (bicyclic) bond motifs is 2. The lowest BCUT2D eigenvalue weighted by Gasteiger charge is -2.30. The molecule has 0 unspecified atom stereocenters. The van der Waals surface area contributed by atoms with Gasteiger partial charge in [0.1, 0.15) is 17.3 Å². The molecule has 0 aliphatic heterocycles. The second-order valence-electron chi connectivity index (χ2n) is 5.62. The van der Waals surface area contributed by atoms with Crippen LogP contribution in [0.5, 0.6) is 0 Å².